The summed E-state index contributed by atoms with van der Waals surface area (Å²) in [5.74, 6) is 0.937. The third kappa shape index (κ3) is 3.90. The average molecular weight is 508 g/mol. The maximum Gasteiger partial charge on any atom is 0.145 e. The predicted molar refractivity (Wildman–Crippen MR) is 159 cm³/mol. The van der Waals surface area contributed by atoms with E-state index in [0.29, 0.717) is 0 Å². The topological polar surface area (TPSA) is 43.8 Å². The molecule has 0 bridgehead atoms. The second kappa shape index (κ2) is 9.40. The van der Waals surface area contributed by atoms with Gasteiger partial charge in [-0.15, -0.1) is 0 Å². The van der Waals surface area contributed by atoms with Gasteiger partial charge in [-0.05, 0) is 47.5 Å². The SMILES string of the molecule is Nc1ccccc1/C(=C1\Cc2ccccc2S1)c1ccc(-n2c(-c3ccccc3)nc3ccccc32)cc1. The largest absolute Gasteiger partial charge is 0.398 e. The summed E-state index contributed by atoms with van der Waals surface area (Å²) in [4.78, 5) is 7.65. The molecule has 0 aliphatic carbocycles. The molecule has 7 rings (SSSR count). The highest BCUT2D eigenvalue weighted by molar-refractivity contribution is 8.03. The molecule has 0 amide bonds. The predicted octanol–water partition coefficient (Wildman–Crippen LogP) is 8.38. The summed E-state index contributed by atoms with van der Waals surface area (Å²) in [7, 11) is 0. The van der Waals surface area contributed by atoms with Gasteiger partial charge in [-0.3, -0.25) is 4.57 Å². The Morgan fingerprint density at radius 3 is 2.24 bits per heavy atom. The Balaban J connectivity index is 1.38. The van der Waals surface area contributed by atoms with Crippen LogP contribution in [0, 0.1) is 0 Å². The van der Waals surface area contributed by atoms with Crippen molar-refractivity contribution in [1.82, 2.24) is 9.55 Å². The molecule has 1 aliphatic heterocycles. The van der Waals surface area contributed by atoms with Crippen molar-refractivity contribution in [2.24, 2.45) is 0 Å². The van der Waals surface area contributed by atoms with Crippen molar-refractivity contribution >= 4 is 34.1 Å². The lowest BCUT2D eigenvalue weighted by atomic mass is 9.94. The number of aromatic nitrogens is 2. The van der Waals surface area contributed by atoms with Crippen LogP contribution in [0.2, 0.25) is 0 Å². The molecule has 38 heavy (non-hydrogen) atoms. The van der Waals surface area contributed by atoms with Gasteiger partial charge in [-0.1, -0.05) is 103 Å². The number of thioether (sulfide) groups is 1. The van der Waals surface area contributed by atoms with E-state index in [-0.39, 0.29) is 0 Å². The van der Waals surface area contributed by atoms with Gasteiger partial charge in [0.1, 0.15) is 5.82 Å². The van der Waals surface area contributed by atoms with Crippen LogP contribution in [-0.2, 0) is 6.42 Å². The van der Waals surface area contributed by atoms with Gasteiger partial charge in [0.15, 0.2) is 0 Å². The molecule has 1 aromatic heterocycles. The molecule has 2 heterocycles. The van der Waals surface area contributed by atoms with Crippen LogP contribution in [0.5, 0.6) is 0 Å². The summed E-state index contributed by atoms with van der Waals surface area (Å²) >= 11 is 1.86. The highest BCUT2D eigenvalue weighted by Gasteiger charge is 2.23. The summed E-state index contributed by atoms with van der Waals surface area (Å²) in [6.07, 6.45) is 0.913. The third-order valence-electron chi connectivity index (χ3n) is 7.07. The lowest BCUT2D eigenvalue weighted by molar-refractivity contribution is 1.10. The summed E-state index contributed by atoms with van der Waals surface area (Å²) in [5.41, 5.74) is 16.4. The van der Waals surface area contributed by atoms with Crippen LogP contribution < -0.4 is 5.73 Å². The first-order valence-electron chi connectivity index (χ1n) is 12.7. The molecule has 4 heteroatoms. The molecule has 6 aromatic rings. The highest BCUT2D eigenvalue weighted by atomic mass is 32.2. The number of fused-ring (bicyclic) bond motifs is 2. The third-order valence-corrected chi connectivity index (χ3v) is 8.29. The van der Waals surface area contributed by atoms with E-state index < -0.39 is 0 Å². The second-order valence-corrected chi connectivity index (χ2v) is 10.6. The summed E-state index contributed by atoms with van der Waals surface area (Å²) in [5, 5.41) is 0. The van der Waals surface area contributed by atoms with Crippen molar-refractivity contribution in [3.8, 4) is 17.1 Å². The number of nitrogens with two attached hydrogens (primary N) is 1. The number of para-hydroxylation sites is 3. The zero-order valence-corrected chi connectivity index (χ0v) is 21.5. The minimum absolute atomic E-state index is 0.794. The fraction of sp³-hybridized carbons (Fsp3) is 0.0294. The molecule has 3 nitrogen and oxygen atoms in total. The monoisotopic (exact) mass is 507 g/mol. The number of benzene rings is 5. The number of allylic oxidation sites excluding steroid dienone is 1. The standard InChI is InChI=1S/C34H25N3S/c35-28-14-6-5-13-27(28)33(32-22-25-12-4-9-17-31(25)38-32)23-18-20-26(21-19-23)37-30-16-8-7-15-29(30)36-34(37)24-10-2-1-3-11-24/h1-21H,22,35H2/b33-32+. The quantitative estimate of drug-likeness (QED) is 0.244. The zero-order chi connectivity index (χ0) is 25.5. The lowest BCUT2D eigenvalue weighted by Gasteiger charge is -2.16. The van der Waals surface area contributed by atoms with Gasteiger partial charge in [0.25, 0.3) is 0 Å². The molecule has 0 fully saturated rings. The fourth-order valence-corrected chi connectivity index (χ4v) is 6.51. The Morgan fingerprint density at radius 1 is 0.711 bits per heavy atom. The minimum Gasteiger partial charge on any atom is -0.398 e. The van der Waals surface area contributed by atoms with E-state index in [1.807, 2.05) is 36.0 Å². The van der Waals surface area contributed by atoms with Crippen molar-refractivity contribution in [1.29, 1.82) is 0 Å². The molecule has 0 atom stereocenters. The maximum absolute atomic E-state index is 6.53. The Labute approximate surface area is 226 Å². The van der Waals surface area contributed by atoms with Crippen LogP contribution in [0.3, 0.4) is 0 Å². The van der Waals surface area contributed by atoms with Gasteiger partial charge in [-0.2, -0.15) is 0 Å². The smallest absolute Gasteiger partial charge is 0.145 e. The molecule has 2 N–H and O–H groups in total. The molecule has 0 spiro atoms. The molecular weight excluding hydrogens is 482 g/mol. The van der Waals surface area contributed by atoms with Crippen LogP contribution >= 0.6 is 11.8 Å². The van der Waals surface area contributed by atoms with Gasteiger partial charge in [0.2, 0.25) is 0 Å². The first-order valence-corrected chi connectivity index (χ1v) is 13.6. The molecule has 0 radical (unpaired) electrons. The number of rotatable bonds is 4. The highest BCUT2D eigenvalue weighted by Crippen LogP contribution is 2.46. The molecule has 5 aromatic carbocycles. The van der Waals surface area contributed by atoms with Crippen molar-refractivity contribution in [2.75, 3.05) is 5.73 Å². The summed E-state index contributed by atoms with van der Waals surface area (Å²) < 4.78 is 2.25. The first kappa shape index (κ1) is 22.6. The van der Waals surface area contributed by atoms with Gasteiger partial charge in [0, 0.05) is 44.3 Å². The first-order chi connectivity index (χ1) is 18.8. The molecule has 1 aliphatic rings. The van der Waals surface area contributed by atoms with Gasteiger partial charge < -0.3 is 5.73 Å². The van der Waals surface area contributed by atoms with Crippen LogP contribution in [-0.4, -0.2) is 9.55 Å². The van der Waals surface area contributed by atoms with Crippen molar-refractivity contribution < 1.29 is 0 Å². The maximum atomic E-state index is 6.53. The summed E-state index contributed by atoms with van der Waals surface area (Å²) in [6.45, 7) is 0. The van der Waals surface area contributed by atoms with E-state index in [1.165, 1.54) is 20.9 Å². The Morgan fingerprint density at radius 2 is 1.42 bits per heavy atom. The van der Waals surface area contributed by atoms with Crippen molar-refractivity contribution in [2.45, 2.75) is 11.3 Å². The zero-order valence-electron chi connectivity index (χ0n) is 20.7. The normalized spacial score (nSPS) is 14.0. The van der Waals surface area contributed by atoms with E-state index in [4.69, 9.17) is 10.7 Å². The molecule has 0 saturated heterocycles. The van der Waals surface area contributed by atoms with Crippen molar-refractivity contribution in [3.63, 3.8) is 0 Å². The van der Waals surface area contributed by atoms with Crippen LogP contribution in [0.4, 0.5) is 5.69 Å². The lowest BCUT2D eigenvalue weighted by Crippen LogP contribution is -2.00. The van der Waals surface area contributed by atoms with E-state index in [0.717, 1.165) is 51.3 Å². The minimum atomic E-state index is 0.794. The van der Waals surface area contributed by atoms with E-state index >= 15 is 0 Å². The Bertz CT molecular complexity index is 1790. The molecule has 0 unspecified atom stereocenters. The van der Waals surface area contributed by atoms with Gasteiger partial charge in [-0.25, -0.2) is 4.98 Å². The number of imidazole rings is 1. The molecule has 0 saturated carbocycles. The molecule has 182 valence electrons. The van der Waals surface area contributed by atoms with E-state index in [9.17, 15) is 0 Å². The molecular formula is C34H25N3S. The van der Waals surface area contributed by atoms with E-state index in [1.54, 1.807) is 0 Å². The number of nitrogen functional groups attached to an aromatic ring is 1. The van der Waals surface area contributed by atoms with Crippen LogP contribution in [0.15, 0.2) is 137 Å². The van der Waals surface area contributed by atoms with Crippen LogP contribution in [0.1, 0.15) is 16.7 Å². The fourth-order valence-electron chi connectivity index (χ4n) is 5.27. The number of hydrogen-bond acceptors (Lipinski definition) is 3. The second-order valence-electron chi connectivity index (χ2n) is 9.44. The summed E-state index contributed by atoms with van der Waals surface area (Å²) in [6, 6.07) is 44.4. The van der Waals surface area contributed by atoms with Crippen molar-refractivity contribution in [3.05, 3.63) is 149 Å². The number of nitrogens with zero attached hydrogens (tertiary/aromatic N) is 2. The van der Waals surface area contributed by atoms with Crippen LogP contribution in [0.25, 0.3) is 33.7 Å². The van der Waals surface area contributed by atoms with E-state index in [2.05, 4.69) is 108 Å². The van der Waals surface area contributed by atoms with Gasteiger partial charge in [0.05, 0.1) is 11.0 Å². The Kier molecular flexibility index (Phi) is 5.60. The number of anilines is 1. The average Bonchev–Trinajstić information content (AvgIpc) is 3.57. The number of hydrogen-bond donors (Lipinski definition) is 1. The Hall–Kier alpha value is -4.54. The van der Waals surface area contributed by atoms with Gasteiger partial charge >= 0.3 is 0 Å².